The SMILES string of the molecule is Cc1c(-c2c3c(nc[n+]2C)-c2ccccc2C3)ccc2ccccc12. The number of aromatic nitrogens is 2. The monoisotopic (exact) mass is 323 g/mol. The third-order valence-electron chi connectivity index (χ3n) is 5.38. The van der Waals surface area contributed by atoms with Crippen LogP contribution in [0.3, 0.4) is 0 Å². The molecule has 3 aromatic carbocycles. The van der Waals surface area contributed by atoms with E-state index < -0.39 is 0 Å². The van der Waals surface area contributed by atoms with Crippen molar-refractivity contribution in [1.29, 1.82) is 0 Å². The van der Waals surface area contributed by atoms with Gasteiger partial charge in [0.25, 0.3) is 6.33 Å². The van der Waals surface area contributed by atoms with E-state index >= 15 is 0 Å². The normalized spacial score (nSPS) is 12.2. The Kier molecular flexibility index (Phi) is 3.01. The van der Waals surface area contributed by atoms with E-state index in [9.17, 15) is 0 Å². The molecule has 0 saturated heterocycles. The number of hydrogen-bond acceptors (Lipinski definition) is 1. The predicted octanol–water partition coefficient (Wildman–Crippen LogP) is 4.61. The van der Waals surface area contributed by atoms with E-state index in [0.717, 1.165) is 12.1 Å². The molecule has 2 heteroatoms. The molecule has 0 atom stereocenters. The first-order chi connectivity index (χ1) is 12.2. The highest BCUT2D eigenvalue weighted by atomic mass is 15.0. The van der Waals surface area contributed by atoms with Crippen molar-refractivity contribution in [3.63, 3.8) is 0 Å². The van der Waals surface area contributed by atoms with Gasteiger partial charge in [0, 0.05) is 17.5 Å². The number of nitrogens with zero attached hydrogens (tertiary/aromatic N) is 2. The van der Waals surface area contributed by atoms with Crippen LogP contribution in [0.4, 0.5) is 0 Å². The molecule has 0 unspecified atom stereocenters. The average Bonchev–Trinajstić information content (AvgIpc) is 3.01. The molecule has 0 fully saturated rings. The van der Waals surface area contributed by atoms with Crippen LogP contribution in [0, 0.1) is 6.92 Å². The molecule has 0 aliphatic heterocycles. The average molecular weight is 323 g/mol. The van der Waals surface area contributed by atoms with Gasteiger partial charge >= 0.3 is 0 Å². The Morgan fingerprint density at radius 3 is 2.60 bits per heavy atom. The Labute approximate surface area is 147 Å². The van der Waals surface area contributed by atoms with E-state index in [1.807, 2.05) is 6.33 Å². The topological polar surface area (TPSA) is 16.8 Å². The first-order valence-electron chi connectivity index (χ1n) is 8.68. The molecule has 2 nitrogen and oxygen atoms in total. The molecule has 0 N–H and O–H groups in total. The summed E-state index contributed by atoms with van der Waals surface area (Å²) < 4.78 is 2.17. The van der Waals surface area contributed by atoms with Crippen molar-refractivity contribution in [2.45, 2.75) is 13.3 Å². The van der Waals surface area contributed by atoms with Gasteiger partial charge in [0.1, 0.15) is 5.69 Å². The number of rotatable bonds is 1. The van der Waals surface area contributed by atoms with E-state index in [2.05, 4.69) is 79.2 Å². The Bertz CT molecular complexity index is 1140. The Morgan fingerprint density at radius 2 is 1.68 bits per heavy atom. The van der Waals surface area contributed by atoms with Crippen LogP contribution in [0.25, 0.3) is 33.3 Å². The summed E-state index contributed by atoms with van der Waals surface area (Å²) in [5.74, 6) is 0. The fourth-order valence-corrected chi connectivity index (χ4v) is 4.14. The lowest BCUT2D eigenvalue weighted by atomic mass is 9.95. The zero-order valence-electron chi connectivity index (χ0n) is 14.5. The van der Waals surface area contributed by atoms with Crippen molar-refractivity contribution >= 4 is 10.8 Å². The fraction of sp³-hybridized carbons (Fsp3) is 0.130. The Morgan fingerprint density at radius 1 is 0.880 bits per heavy atom. The van der Waals surface area contributed by atoms with Crippen molar-refractivity contribution in [1.82, 2.24) is 4.98 Å². The molecule has 5 rings (SSSR count). The van der Waals surface area contributed by atoms with E-state index in [1.54, 1.807) is 0 Å². The molecule has 4 aromatic rings. The third kappa shape index (κ3) is 2.04. The van der Waals surface area contributed by atoms with Crippen LogP contribution in [0.5, 0.6) is 0 Å². The third-order valence-corrected chi connectivity index (χ3v) is 5.38. The lowest BCUT2D eigenvalue weighted by Crippen LogP contribution is -2.33. The predicted molar refractivity (Wildman–Crippen MR) is 101 cm³/mol. The minimum absolute atomic E-state index is 0.953. The summed E-state index contributed by atoms with van der Waals surface area (Å²) in [6, 6.07) is 21.7. The summed E-state index contributed by atoms with van der Waals surface area (Å²) in [4.78, 5) is 4.74. The van der Waals surface area contributed by atoms with Crippen LogP contribution in [0.1, 0.15) is 16.7 Å². The maximum absolute atomic E-state index is 4.74. The lowest BCUT2D eigenvalue weighted by molar-refractivity contribution is -0.663. The number of hydrogen-bond donors (Lipinski definition) is 0. The molecule has 1 aliphatic rings. The van der Waals surface area contributed by atoms with Crippen molar-refractivity contribution < 1.29 is 4.57 Å². The van der Waals surface area contributed by atoms with E-state index in [1.165, 1.54) is 44.3 Å². The van der Waals surface area contributed by atoms with Gasteiger partial charge in [-0.25, -0.2) is 4.57 Å². The second-order valence-corrected chi connectivity index (χ2v) is 6.82. The van der Waals surface area contributed by atoms with Crippen molar-refractivity contribution in [2.24, 2.45) is 7.05 Å². The molecule has 0 spiro atoms. The zero-order chi connectivity index (χ0) is 17.0. The highest BCUT2D eigenvalue weighted by Crippen LogP contribution is 2.39. The van der Waals surface area contributed by atoms with Gasteiger partial charge in [-0.15, -0.1) is 0 Å². The molecule has 1 aliphatic carbocycles. The van der Waals surface area contributed by atoms with E-state index in [-0.39, 0.29) is 0 Å². The van der Waals surface area contributed by atoms with E-state index in [4.69, 9.17) is 4.98 Å². The Balaban J connectivity index is 1.81. The molecule has 25 heavy (non-hydrogen) atoms. The summed E-state index contributed by atoms with van der Waals surface area (Å²) >= 11 is 0. The first kappa shape index (κ1) is 14.4. The smallest absolute Gasteiger partial charge is 0.232 e. The zero-order valence-corrected chi connectivity index (χ0v) is 14.5. The van der Waals surface area contributed by atoms with Gasteiger partial charge in [-0.1, -0.05) is 54.6 Å². The summed E-state index contributed by atoms with van der Waals surface area (Å²) in [6.07, 6.45) is 2.90. The maximum atomic E-state index is 4.74. The van der Waals surface area contributed by atoms with Crippen molar-refractivity contribution in [3.8, 4) is 22.5 Å². The molecular formula is C23H19N2+. The molecule has 0 saturated carbocycles. The van der Waals surface area contributed by atoms with Crippen LogP contribution in [0.15, 0.2) is 67.0 Å². The number of benzene rings is 3. The Hall–Kier alpha value is -3.00. The van der Waals surface area contributed by atoms with Gasteiger partial charge in [-0.3, -0.25) is 0 Å². The van der Waals surface area contributed by atoms with Crippen molar-refractivity contribution in [2.75, 3.05) is 0 Å². The van der Waals surface area contributed by atoms with Crippen molar-refractivity contribution in [3.05, 3.63) is 83.7 Å². The highest BCUT2D eigenvalue weighted by Gasteiger charge is 2.30. The van der Waals surface area contributed by atoms with Gasteiger partial charge in [-0.05, 0) is 39.9 Å². The minimum atomic E-state index is 0.953. The fourth-order valence-electron chi connectivity index (χ4n) is 4.14. The molecule has 0 radical (unpaired) electrons. The summed E-state index contributed by atoms with van der Waals surface area (Å²) in [5, 5.41) is 2.61. The van der Waals surface area contributed by atoms with Crippen LogP contribution >= 0.6 is 0 Å². The standard InChI is InChI=1S/C23H19N2/c1-15-18-9-5-3-7-16(18)11-12-19(15)23-21-13-17-8-4-6-10-20(17)22(21)24-14-25(23)2/h3-12,14H,13H2,1-2H3/q+1. The second kappa shape index (κ2) is 5.25. The van der Waals surface area contributed by atoms with Gasteiger partial charge < -0.3 is 0 Å². The maximum Gasteiger partial charge on any atom is 0.287 e. The lowest BCUT2D eigenvalue weighted by Gasteiger charge is -2.12. The van der Waals surface area contributed by atoms with Gasteiger partial charge in [0.15, 0.2) is 5.69 Å². The van der Waals surface area contributed by atoms with Crippen LogP contribution < -0.4 is 4.57 Å². The number of fused-ring (bicyclic) bond motifs is 4. The first-order valence-corrected chi connectivity index (χ1v) is 8.68. The molecule has 0 amide bonds. The van der Waals surface area contributed by atoms with Gasteiger partial charge in [-0.2, -0.15) is 0 Å². The second-order valence-electron chi connectivity index (χ2n) is 6.82. The molecule has 1 heterocycles. The molecule has 120 valence electrons. The minimum Gasteiger partial charge on any atom is -0.232 e. The van der Waals surface area contributed by atoms with E-state index in [0.29, 0.717) is 0 Å². The summed E-state index contributed by atoms with van der Waals surface area (Å²) in [5.41, 5.74) is 9.03. The highest BCUT2D eigenvalue weighted by molar-refractivity contribution is 5.92. The quantitative estimate of drug-likeness (QED) is 0.412. The van der Waals surface area contributed by atoms with Crippen LogP contribution in [0.2, 0.25) is 0 Å². The number of aryl methyl sites for hydroxylation is 2. The molecule has 1 aromatic heterocycles. The largest absolute Gasteiger partial charge is 0.287 e. The molecule has 0 bridgehead atoms. The van der Waals surface area contributed by atoms with Gasteiger partial charge in [0.05, 0.1) is 12.6 Å². The summed E-state index contributed by atoms with van der Waals surface area (Å²) in [7, 11) is 2.10. The molecular weight excluding hydrogens is 304 g/mol. The van der Waals surface area contributed by atoms with Crippen LogP contribution in [-0.4, -0.2) is 4.98 Å². The van der Waals surface area contributed by atoms with Gasteiger partial charge in [0.2, 0.25) is 0 Å². The van der Waals surface area contributed by atoms with Crippen LogP contribution in [-0.2, 0) is 13.5 Å². The summed E-state index contributed by atoms with van der Waals surface area (Å²) in [6.45, 7) is 2.23.